The highest BCUT2D eigenvalue weighted by Crippen LogP contribution is 2.11. The molecule has 0 radical (unpaired) electrons. The number of nitrogens with one attached hydrogen (secondary N) is 1. The van der Waals surface area contributed by atoms with Crippen LogP contribution in [0.2, 0.25) is 0 Å². The lowest BCUT2D eigenvalue weighted by atomic mass is 10.0. The first-order valence-electron chi connectivity index (χ1n) is 8.49. The summed E-state index contributed by atoms with van der Waals surface area (Å²) in [6.45, 7) is 4.46. The van der Waals surface area contributed by atoms with Crippen molar-refractivity contribution in [2.24, 2.45) is 5.92 Å². The van der Waals surface area contributed by atoms with E-state index in [4.69, 9.17) is 0 Å². The predicted molar refractivity (Wildman–Crippen MR) is 100 cm³/mol. The summed E-state index contributed by atoms with van der Waals surface area (Å²) in [4.78, 5) is 12.3. The van der Waals surface area contributed by atoms with Crippen LogP contribution in [0.5, 0.6) is 0 Å². The van der Waals surface area contributed by atoms with E-state index in [-0.39, 0.29) is 29.5 Å². The maximum atomic E-state index is 12.1. The number of carbonyl (C=O) groups is 1. The molecule has 0 fully saturated rings. The van der Waals surface area contributed by atoms with Crippen molar-refractivity contribution in [1.29, 1.82) is 0 Å². The molecule has 0 aliphatic heterocycles. The SMILES string of the molecule is CC(C)Cc1ccc(CC(=O)NCCS(=O)(=O)c2ccccc2)cc1. The Bertz CT molecular complexity index is 781. The van der Waals surface area contributed by atoms with Gasteiger partial charge in [-0.1, -0.05) is 56.3 Å². The average molecular weight is 359 g/mol. The first kappa shape index (κ1) is 19.2. The highest BCUT2D eigenvalue weighted by molar-refractivity contribution is 7.91. The first-order valence-corrected chi connectivity index (χ1v) is 10.1. The van der Waals surface area contributed by atoms with Gasteiger partial charge in [0.1, 0.15) is 0 Å². The van der Waals surface area contributed by atoms with Gasteiger partial charge < -0.3 is 5.32 Å². The summed E-state index contributed by atoms with van der Waals surface area (Å²) in [5.74, 6) is 0.330. The summed E-state index contributed by atoms with van der Waals surface area (Å²) < 4.78 is 24.3. The van der Waals surface area contributed by atoms with Crippen molar-refractivity contribution >= 4 is 15.7 Å². The van der Waals surface area contributed by atoms with Gasteiger partial charge in [-0.3, -0.25) is 4.79 Å². The molecule has 0 bridgehead atoms. The molecule has 0 atom stereocenters. The summed E-state index contributed by atoms with van der Waals surface area (Å²) in [6, 6.07) is 16.3. The van der Waals surface area contributed by atoms with Crippen LogP contribution in [0.4, 0.5) is 0 Å². The van der Waals surface area contributed by atoms with E-state index in [2.05, 4.69) is 19.2 Å². The van der Waals surface area contributed by atoms with Gasteiger partial charge in [-0.2, -0.15) is 0 Å². The predicted octanol–water partition coefficient (Wildman–Crippen LogP) is 3.02. The smallest absolute Gasteiger partial charge is 0.224 e. The lowest BCUT2D eigenvalue weighted by Gasteiger charge is -2.08. The molecule has 0 aromatic heterocycles. The lowest BCUT2D eigenvalue weighted by Crippen LogP contribution is -2.30. The number of carbonyl (C=O) groups excluding carboxylic acids is 1. The average Bonchev–Trinajstić information content (AvgIpc) is 2.57. The van der Waals surface area contributed by atoms with Gasteiger partial charge >= 0.3 is 0 Å². The zero-order chi connectivity index (χ0) is 18.3. The third-order valence-corrected chi connectivity index (χ3v) is 5.56. The molecule has 2 aromatic rings. The van der Waals surface area contributed by atoms with E-state index in [1.165, 1.54) is 5.56 Å². The number of benzene rings is 2. The third kappa shape index (κ3) is 6.35. The van der Waals surface area contributed by atoms with Gasteiger partial charge in [-0.25, -0.2) is 8.42 Å². The van der Waals surface area contributed by atoms with E-state index in [1.807, 2.05) is 24.3 Å². The fraction of sp³-hybridized carbons (Fsp3) is 0.350. The molecular weight excluding hydrogens is 334 g/mol. The molecular formula is C20H25NO3S. The summed E-state index contributed by atoms with van der Waals surface area (Å²) in [7, 11) is -3.36. The molecule has 0 heterocycles. The van der Waals surface area contributed by atoms with Gasteiger partial charge in [0.2, 0.25) is 5.91 Å². The van der Waals surface area contributed by atoms with E-state index in [0.29, 0.717) is 5.92 Å². The van der Waals surface area contributed by atoms with Gasteiger partial charge in [0.05, 0.1) is 17.1 Å². The van der Waals surface area contributed by atoms with Crippen LogP contribution < -0.4 is 5.32 Å². The van der Waals surface area contributed by atoms with Crippen molar-refractivity contribution in [3.05, 3.63) is 65.7 Å². The van der Waals surface area contributed by atoms with Crippen molar-refractivity contribution in [2.75, 3.05) is 12.3 Å². The second-order valence-corrected chi connectivity index (χ2v) is 8.68. The number of rotatable bonds is 8. The molecule has 1 N–H and O–H groups in total. The van der Waals surface area contributed by atoms with Gasteiger partial charge in [-0.15, -0.1) is 0 Å². The van der Waals surface area contributed by atoms with Crippen molar-refractivity contribution in [2.45, 2.75) is 31.6 Å². The molecule has 5 heteroatoms. The second kappa shape index (κ2) is 8.81. The summed E-state index contributed by atoms with van der Waals surface area (Å²) in [5, 5.41) is 2.69. The van der Waals surface area contributed by atoms with Crippen LogP contribution >= 0.6 is 0 Å². The molecule has 0 unspecified atom stereocenters. The zero-order valence-electron chi connectivity index (χ0n) is 14.7. The summed E-state index contributed by atoms with van der Waals surface area (Å²) >= 11 is 0. The van der Waals surface area contributed by atoms with Crippen LogP contribution in [0.15, 0.2) is 59.5 Å². The Hall–Kier alpha value is -2.14. The largest absolute Gasteiger partial charge is 0.355 e. The number of amides is 1. The van der Waals surface area contributed by atoms with Crippen molar-refractivity contribution in [3.8, 4) is 0 Å². The van der Waals surface area contributed by atoms with Crippen LogP contribution in [0, 0.1) is 5.92 Å². The van der Waals surface area contributed by atoms with Crippen LogP contribution in [-0.4, -0.2) is 26.6 Å². The van der Waals surface area contributed by atoms with Gasteiger partial charge in [0.25, 0.3) is 0 Å². The Balaban J connectivity index is 1.81. The fourth-order valence-electron chi connectivity index (χ4n) is 2.58. The maximum Gasteiger partial charge on any atom is 0.224 e. The van der Waals surface area contributed by atoms with Gasteiger partial charge in [0.15, 0.2) is 9.84 Å². The number of hydrogen-bond donors (Lipinski definition) is 1. The van der Waals surface area contributed by atoms with Crippen LogP contribution in [0.1, 0.15) is 25.0 Å². The van der Waals surface area contributed by atoms with Gasteiger partial charge in [0, 0.05) is 6.54 Å². The Kier molecular flexibility index (Phi) is 6.76. The quantitative estimate of drug-likeness (QED) is 0.788. The van der Waals surface area contributed by atoms with E-state index < -0.39 is 9.84 Å². The van der Waals surface area contributed by atoms with Crippen LogP contribution in [0.25, 0.3) is 0 Å². The van der Waals surface area contributed by atoms with E-state index in [0.717, 1.165) is 12.0 Å². The molecule has 2 aromatic carbocycles. The van der Waals surface area contributed by atoms with E-state index in [9.17, 15) is 13.2 Å². The molecule has 1 amide bonds. The zero-order valence-corrected chi connectivity index (χ0v) is 15.6. The molecule has 0 spiro atoms. The van der Waals surface area contributed by atoms with Crippen LogP contribution in [0.3, 0.4) is 0 Å². The summed E-state index contributed by atoms with van der Waals surface area (Å²) in [6.07, 6.45) is 1.27. The monoisotopic (exact) mass is 359 g/mol. The van der Waals surface area contributed by atoms with Gasteiger partial charge in [-0.05, 0) is 35.6 Å². The lowest BCUT2D eigenvalue weighted by molar-refractivity contribution is -0.120. The fourth-order valence-corrected chi connectivity index (χ4v) is 3.76. The van der Waals surface area contributed by atoms with Crippen molar-refractivity contribution in [1.82, 2.24) is 5.32 Å². The minimum Gasteiger partial charge on any atom is -0.355 e. The van der Waals surface area contributed by atoms with Crippen molar-refractivity contribution < 1.29 is 13.2 Å². The van der Waals surface area contributed by atoms with E-state index >= 15 is 0 Å². The standard InChI is InChI=1S/C20H25NO3S/c1-16(2)14-17-8-10-18(11-9-17)15-20(22)21-12-13-25(23,24)19-6-4-3-5-7-19/h3-11,16H,12-15H2,1-2H3,(H,21,22). The molecule has 25 heavy (non-hydrogen) atoms. The molecule has 2 rings (SSSR count). The molecule has 0 saturated carbocycles. The Morgan fingerprint density at radius 2 is 1.56 bits per heavy atom. The second-order valence-electron chi connectivity index (χ2n) is 6.57. The highest BCUT2D eigenvalue weighted by atomic mass is 32.2. The molecule has 0 aliphatic carbocycles. The van der Waals surface area contributed by atoms with Crippen LogP contribution in [-0.2, 0) is 27.5 Å². The number of hydrogen-bond acceptors (Lipinski definition) is 3. The highest BCUT2D eigenvalue weighted by Gasteiger charge is 2.14. The first-order chi connectivity index (χ1) is 11.9. The minimum absolute atomic E-state index is 0.101. The minimum atomic E-state index is -3.36. The Labute approximate surface area is 150 Å². The molecule has 0 saturated heterocycles. The Morgan fingerprint density at radius 3 is 2.16 bits per heavy atom. The normalized spacial score (nSPS) is 11.5. The van der Waals surface area contributed by atoms with E-state index in [1.54, 1.807) is 30.3 Å². The third-order valence-electron chi connectivity index (χ3n) is 3.83. The number of sulfone groups is 1. The topological polar surface area (TPSA) is 63.2 Å². The molecule has 4 nitrogen and oxygen atoms in total. The Morgan fingerprint density at radius 1 is 0.960 bits per heavy atom. The molecule has 134 valence electrons. The maximum absolute atomic E-state index is 12.1. The van der Waals surface area contributed by atoms with Crippen molar-refractivity contribution in [3.63, 3.8) is 0 Å². The molecule has 0 aliphatic rings. The summed E-state index contributed by atoms with van der Waals surface area (Å²) in [5.41, 5.74) is 2.18.